The fraction of sp³-hybridized carbons (Fsp3) is 1.00. The number of hydrogen-bond acceptors (Lipinski definition) is 0. The van der Waals surface area contributed by atoms with Gasteiger partial charge in [-0.15, -0.1) is 0 Å². The van der Waals surface area contributed by atoms with Crippen molar-refractivity contribution in [1.82, 2.24) is 0 Å². The first-order chi connectivity index (χ1) is 6.25. The van der Waals surface area contributed by atoms with Gasteiger partial charge in [0.05, 0.1) is 0 Å². The van der Waals surface area contributed by atoms with Gasteiger partial charge in [0, 0.05) is 0 Å². The third-order valence-electron chi connectivity index (χ3n) is 3.67. The van der Waals surface area contributed by atoms with Crippen molar-refractivity contribution in [3.05, 3.63) is 0 Å². The average Bonchev–Trinajstić information content (AvgIpc) is 2.82. The molecule has 0 bridgehead atoms. The Morgan fingerprint density at radius 2 is 1.77 bits per heavy atom. The van der Waals surface area contributed by atoms with Crippen LogP contribution in [-0.4, -0.2) is 0 Å². The zero-order valence-corrected chi connectivity index (χ0v) is 9.68. The van der Waals surface area contributed by atoms with E-state index < -0.39 is 0 Å². The van der Waals surface area contributed by atoms with Gasteiger partial charge in [-0.1, -0.05) is 59.3 Å². The molecule has 0 aliphatic heterocycles. The monoisotopic (exact) mass is 182 g/mol. The van der Waals surface area contributed by atoms with E-state index in [9.17, 15) is 0 Å². The lowest BCUT2D eigenvalue weighted by Crippen LogP contribution is -1.98. The first kappa shape index (κ1) is 11.1. The first-order valence-corrected chi connectivity index (χ1v) is 6.25. The molecule has 0 heterocycles. The van der Waals surface area contributed by atoms with Crippen molar-refractivity contribution in [1.29, 1.82) is 0 Å². The van der Waals surface area contributed by atoms with Gasteiger partial charge >= 0.3 is 0 Å². The lowest BCUT2D eigenvalue weighted by Gasteiger charge is -2.09. The zero-order valence-electron chi connectivity index (χ0n) is 9.68. The van der Waals surface area contributed by atoms with Crippen LogP contribution in [0.4, 0.5) is 0 Å². The van der Waals surface area contributed by atoms with Crippen LogP contribution in [0.5, 0.6) is 0 Å². The number of unbranched alkanes of at least 4 members (excludes halogenated alkanes) is 4. The highest BCUT2D eigenvalue weighted by molar-refractivity contribution is 4.86. The summed E-state index contributed by atoms with van der Waals surface area (Å²) in [6.45, 7) is 7.14. The fourth-order valence-corrected chi connectivity index (χ4v) is 2.43. The minimum Gasteiger partial charge on any atom is -0.0654 e. The van der Waals surface area contributed by atoms with Crippen LogP contribution in [0.3, 0.4) is 0 Å². The second-order valence-electron chi connectivity index (χ2n) is 5.06. The standard InChI is InChI=1S/C13H26/c1-4-5-6-7-8-9-11(2)13-10-12(13)3/h11-13H,4-10H2,1-3H3. The van der Waals surface area contributed by atoms with Crippen molar-refractivity contribution in [2.24, 2.45) is 17.8 Å². The maximum absolute atomic E-state index is 2.45. The molecular weight excluding hydrogens is 156 g/mol. The molecule has 0 radical (unpaired) electrons. The summed E-state index contributed by atoms with van der Waals surface area (Å²) in [5, 5.41) is 0. The highest BCUT2D eigenvalue weighted by Gasteiger charge is 2.36. The van der Waals surface area contributed by atoms with Gasteiger partial charge in [-0.05, 0) is 24.2 Å². The van der Waals surface area contributed by atoms with E-state index in [4.69, 9.17) is 0 Å². The van der Waals surface area contributed by atoms with Gasteiger partial charge in [0.15, 0.2) is 0 Å². The molecule has 0 nitrogen and oxygen atoms in total. The highest BCUT2D eigenvalue weighted by atomic mass is 14.4. The molecule has 0 heteroatoms. The Kier molecular flexibility index (Phi) is 4.83. The lowest BCUT2D eigenvalue weighted by atomic mass is 9.97. The summed E-state index contributed by atoms with van der Waals surface area (Å²) in [7, 11) is 0. The maximum atomic E-state index is 2.45. The van der Waals surface area contributed by atoms with Crippen LogP contribution >= 0.6 is 0 Å². The van der Waals surface area contributed by atoms with Crippen LogP contribution in [0.25, 0.3) is 0 Å². The number of rotatable bonds is 7. The summed E-state index contributed by atoms with van der Waals surface area (Å²) in [4.78, 5) is 0. The van der Waals surface area contributed by atoms with E-state index in [2.05, 4.69) is 20.8 Å². The molecule has 0 spiro atoms. The zero-order chi connectivity index (χ0) is 9.68. The lowest BCUT2D eigenvalue weighted by molar-refractivity contribution is 0.423. The molecule has 1 fully saturated rings. The van der Waals surface area contributed by atoms with Crippen molar-refractivity contribution < 1.29 is 0 Å². The molecule has 3 unspecified atom stereocenters. The average molecular weight is 182 g/mol. The first-order valence-electron chi connectivity index (χ1n) is 6.25. The van der Waals surface area contributed by atoms with E-state index in [1.807, 2.05) is 0 Å². The summed E-state index contributed by atoms with van der Waals surface area (Å²) in [6, 6.07) is 0. The SMILES string of the molecule is CCCCCCCC(C)C1CC1C. The van der Waals surface area contributed by atoms with Crippen LogP contribution in [0.15, 0.2) is 0 Å². The molecule has 0 aromatic rings. The van der Waals surface area contributed by atoms with Crippen LogP contribution < -0.4 is 0 Å². The molecule has 1 saturated carbocycles. The predicted octanol–water partition coefficient (Wildman–Crippen LogP) is 4.64. The molecule has 1 aliphatic rings. The molecule has 0 saturated heterocycles. The van der Waals surface area contributed by atoms with E-state index >= 15 is 0 Å². The van der Waals surface area contributed by atoms with Gasteiger partial charge in [0.2, 0.25) is 0 Å². The molecule has 0 amide bonds. The molecule has 0 aromatic carbocycles. The quantitative estimate of drug-likeness (QED) is 0.503. The van der Waals surface area contributed by atoms with E-state index in [1.165, 1.54) is 44.9 Å². The van der Waals surface area contributed by atoms with Crippen LogP contribution in [0.2, 0.25) is 0 Å². The normalized spacial score (nSPS) is 28.8. The van der Waals surface area contributed by atoms with Gasteiger partial charge in [-0.25, -0.2) is 0 Å². The Hall–Kier alpha value is 0. The molecule has 78 valence electrons. The Morgan fingerprint density at radius 3 is 2.31 bits per heavy atom. The summed E-state index contributed by atoms with van der Waals surface area (Å²) in [6.07, 6.45) is 10.2. The Bertz CT molecular complexity index is 128. The third-order valence-corrected chi connectivity index (χ3v) is 3.67. The van der Waals surface area contributed by atoms with Crippen molar-refractivity contribution in [2.45, 2.75) is 65.7 Å². The summed E-state index contributed by atoms with van der Waals surface area (Å²) < 4.78 is 0. The maximum Gasteiger partial charge on any atom is -0.0360 e. The van der Waals surface area contributed by atoms with E-state index in [0.717, 1.165) is 17.8 Å². The molecule has 1 aliphatic carbocycles. The Morgan fingerprint density at radius 1 is 1.15 bits per heavy atom. The van der Waals surface area contributed by atoms with E-state index in [1.54, 1.807) is 0 Å². The molecule has 3 atom stereocenters. The topological polar surface area (TPSA) is 0 Å². The van der Waals surface area contributed by atoms with Crippen molar-refractivity contribution >= 4 is 0 Å². The summed E-state index contributed by atoms with van der Waals surface area (Å²) in [5.41, 5.74) is 0. The van der Waals surface area contributed by atoms with Crippen molar-refractivity contribution in [3.63, 3.8) is 0 Å². The molecule has 0 aromatic heterocycles. The van der Waals surface area contributed by atoms with Gasteiger partial charge in [0.25, 0.3) is 0 Å². The minimum atomic E-state index is 1.01. The molecule has 0 N–H and O–H groups in total. The second-order valence-corrected chi connectivity index (χ2v) is 5.06. The summed E-state index contributed by atoms with van der Waals surface area (Å²) in [5.74, 6) is 3.15. The largest absolute Gasteiger partial charge is 0.0654 e. The van der Waals surface area contributed by atoms with Crippen molar-refractivity contribution in [2.75, 3.05) is 0 Å². The van der Waals surface area contributed by atoms with Gasteiger partial charge in [-0.3, -0.25) is 0 Å². The van der Waals surface area contributed by atoms with Gasteiger partial charge in [-0.2, -0.15) is 0 Å². The van der Waals surface area contributed by atoms with Crippen LogP contribution in [0.1, 0.15) is 65.7 Å². The Labute approximate surface area is 84.1 Å². The highest BCUT2D eigenvalue weighted by Crippen LogP contribution is 2.45. The predicted molar refractivity (Wildman–Crippen MR) is 59.8 cm³/mol. The van der Waals surface area contributed by atoms with Crippen LogP contribution in [0, 0.1) is 17.8 Å². The minimum absolute atomic E-state index is 1.01. The van der Waals surface area contributed by atoms with Gasteiger partial charge < -0.3 is 0 Å². The molecule has 13 heavy (non-hydrogen) atoms. The van der Waals surface area contributed by atoms with E-state index in [-0.39, 0.29) is 0 Å². The molecule has 1 rings (SSSR count). The number of hydrogen-bond donors (Lipinski definition) is 0. The van der Waals surface area contributed by atoms with Crippen LogP contribution in [-0.2, 0) is 0 Å². The fourth-order valence-electron chi connectivity index (χ4n) is 2.43. The smallest absolute Gasteiger partial charge is 0.0360 e. The summed E-state index contributed by atoms with van der Waals surface area (Å²) >= 11 is 0. The van der Waals surface area contributed by atoms with E-state index in [0.29, 0.717) is 0 Å². The molecular formula is C13H26. The van der Waals surface area contributed by atoms with Crippen molar-refractivity contribution in [3.8, 4) is 0 Å². The Balaban J connectivity index is 1.87. The van der Waals surface area contributed by atoms with Gasteiger partial charge in [0.1, 0.15) is 0 Å². The third kappa shape index (κ3) is 4.15. The second kappa shape index (κ2) is 5.67.